The Hall–Kier alpha value is -2.88. The molecule has 2 amide bonds. The molecule has 2 heterocycles. The quantitative estimate of drug-likeness (QED) is 0.726. The number of carbonyl (C=O) groups excluding carboxylic acids is 2. The molecule has 31 heavy (non-hydrogen) atoms. The molecule has 1 fully saturated rings. The van der Waals surface area contributed by atoms with Gasteiger partial charge in [0, 0.05) is 19.5 Å². The molecule has 0 unspecified atom stereocenters. The van der Waals surface area contributed by atoms with Crippen LogP contribution in [-0.2, 0) is 32.0 Å². The maximum absolute atomic E-state index is 13.1. The summed E-state index contributed by atoms with van der Waals surface area (Å²) in [5.41, 5.74) is 0.0314. The number of aryl methyl sites for hydroxylation is 1. The normalized spacial score (nSPS) is 22.5. The van der Waals surface area contributed by atoms with Crippen LogP contribution in [0.5, 0.6) is 0 Å². The van der Waals surface area contributed by atoms with Crippen molar-refractivity contribution in [3.63, 3.8) is 0 Å². The molecule has 1 saturated heterocycles. The summed E-state index contributed by atoms with van der Waals surface area (Å²) < 4.78 is 64.2. The van der Waals surface area contributed by atoms with Gasteiger partial charge in [-0.2, -0.15) is 13.2 Å². The topological polar surface area (TPSA) is 83.6 Å². The Labute approximate surface area is 177 Å². The largest absolute Gasteiger partial charge is 0.416 e. The summed E-state index contributed by atoms with van der Waals surface area (Å²) in [5, 5.41) is 2.55. The lowest BCUT2D eigenvalue weighted by molar-refractivity contribution is -0.137. The van der Waals surface area contributed by atoms with Crippen LogP contribution in [0, 0.1) is 5.92 Å². The van der Waals surface area contributed by atoms with Gasteiger partial charge in [-0.15, -0.1) is 0 Å². The van der Waals surface area contributed by atoms with Crippen LogP contribution >= 0.6 is 0 Å². The first-order chi connectivity index (χ1) is 14.5. The monoisotopic (exact) mass is 452 g/mol. The number of alkyl halides is 3. The average Bonchev–Trinajstić information content (AvgIpc) is 3.18. The van der Waals surface area contributed by atoms with Gasteiger partial charge in [0.2, 0.25) is 11.8 Å². The van der Waals surface area contributed by atoms with E-state index in [1.807, 2.05) is 0 Å². The summed E-state index contributed by atoms with van der Waals surface area (Å²) in [6, 6.07) is 9.29. The highest BCUT2D eigenvalue weighted by molar-refractivity contribution is 7.91. The van der Waals surface area contributed by atoms with Crippen LogP contribution in [-0.4, -0.2) is 44.5 Å². The molecule has 164 valence electrons. The predicted molar refractivity (Wildman–Crippen MR) is 106 cm³/mol. The lowest BCUT2D eigenvalue weighted by Gasteiger charge is -2.19. The molecule has 0 radical (unpaired) electrons. The second kappa shape index (κ2) is 7.37. The first kappa shape index (κ1) is 21.4. The number of anilines is 1. The van der Waals surface area contributed by atoms with Crippen molar-refractivity contribution in [2.45, 2.75) is 23.4 Å². The number of carbonyl (C=O) groups is 2. The fourth-order valence-corrected chi connectivity index (χ4v) is 5.96. The number of likely N-dealkylation sites (N-methyl/N-ethyl adjacent to an activating group) is 1. The Morgan fingerprint density at radius 2 is 1.87 bits per heavy atom. The average molecular weight is 452 g/mol. The van der Waals surface area contributed by atoms with Crippen molar-refractivity contribution in [3.8, 4) is 0 Å². The molecular formula is C21H19F3N2O4S. The first-order valence-electron chi connectivity index (χ1n) is 9.56. The summed E-state index contributed by atoms with van der Waals surface area (Å²) in [6.45, 7) is 0.0728. The highest BCUT2D eigenvalue weighted by Gasteiger charge is 2.45. The number of likely N-dealkylation sites (tertiary alicyclic amines) is 1. The molecule has 0 aliphatic carbocycles. The van der Waals surface area contributed by atoms with Gasteiger partial charge in [0.05, 0.1) is 21.9 Å². The fraction of sp³-hybridized carbons (Fsp3) is 0.333. The highest BCUT2D eigenvalue weighted by Crippen LogP contribution is 2.38. The van der Waals surface area contributed by atoms with Crippen LogP contribution < -0.4 is 5.32 Å². The zero-order valence-corrected chi connectivity index (χ0v) is 17.3. The van der Waals surface area contributed by atoms with Crippen molar-refractivity contribution >= 4 is 27.3 Å². The van der Waals surface area contributed by atoms with E-state index in [0.717, 1.165) is 12.1 Å². The minimum Gasteiger partial charge on any atom is -0.344 e. The number of rotatable bonds is 3. The fourth-order valence-electron chi connectivity index (χ4n) is 4.24. The predicted octanol–water partition coefficient (Wildman–Crippen LogP) is 2.85. The van der Waals surface area contributed by atoms with E-state index in [1.165, 1.54) is 30.1 Å². The SMILES string of the molecule is CN1C[C@H](c2cccc(C(F)(F)F)c2)[C@@H](C(=O)Nc2cccc3c2S(=O)(=O)CC3)C1=O. The van der Waals surface area contributed by atoms with Gasteiger partial charge >= 0.3 is 6.18 Å². The Morgan fingerprint density at radius 1 is 1.16 bits per heavy atom. The van der Waals surface area contributed by atoms with Gasteiger partial charge in [0.25, 0.3) is 0 Å². The molecule has 1 N–H and O–H groups in total. The van der Waals surface area contributed by atoms with Crippen LogP contribution in [0.3, 0.4) is 0 Å². The minimum absolute atomic E-state index is 0.0396. The van der Waals surface area contributed by atoms with Crippen LogP contribution in [0.25, 0.3) is 0 Å². The van der Waals surface area contributed by atoms with Crippen LogP contribution in [0.15, 0.2) is 47.4 Å². The third-order valence-corrected chi connectivity index (χ3v) is 7.59. The van der Waals surface area contributed by atoms with Crippen molar-refractivity contribution < 1.29 is 31.2 Å². The molecule has 2 atom stereocenters. The van der Waals surface area contributed by atoms with Crippen LogP contribution in [0.2, 0.25) is 0 Å². The van der Waals surface area contributed by atoms with Crippen molar-refractivity contribution in [2.24, 2.45) is 5.92 Å². The molecule has 4 rings (SSSR count). The molecule has 2 aromatic rings. The van der Waals surface area contributed by atoms with Crippen molar-refractivity contribution in [2.75, 3.05) is 24.7 Å². The second-order valence-electron chi connectivity index (χ2n) is 7.78. The van der Waals surface area contributed by atoms with Gasteiger partial charge in [-0.1, -0.05) is 30.3 Å². The molecule has 6 nitrogen and oxygen atoms in total. The van der Waals surface area contributed by atoms with E-state index in [9.17, 15) is 31.2 Å². The zero-order chi connectivity index (χ0) is 22.6. The van der Waals surface area contributed by atoms with E-state index >= 15 is 0 Å². The van der Waals surface area contributed by atoms with Crippen LogP contribution in [0.1, 0.15) is 22.6 Å². The van der Waals surface area contributed by atoms with Gasteiger partial charge in [0.1, 0.15) is 5.92 Å². The Kier molecular flexibility index (Phi) is 5.07. The molecule has 0 bridgehead atoms. The number of fused-ring (bicyclic) bond motifs is 1. The number of hydrogen-bond acceptors (Lipinski definition) is 4. The van der Waals surface area contributed by atoms with Gasteiger partial charge in [0.15, 0.2) is 9.84 Å². The van der Waals surface area contributed by atoms with E-state index in [0.29, 0.717) is 12.0 Å². The highest BCUT2D eigenvalue weighted by atomic mass is 32.2. The zero-order valence-electron chi connectivity index (χ0n) is 16.4. The Morgan fingerprint density at radius 3 is 2.58 bits per heavy atom. The van der Waals surface area contributed by atoms with Crippen molar-refractivity contribution in [1.29, 1.82) is 0 Å². The van der Waals surface area contributed by atoms with Gasteiger partial charge < -0.3 is 10.2 Å². The van der Waals surface area contributed by atoms with Gasteiger partial charge in [-0.25, -0.2) is 8.42 Å². The third-order valence-electron chi connectivity index (χ3n) is 5.75. The molecule has 0 aromatic heterocycles. The number of benzene rings is 2. The minimum atomic E-state index is -4.55. The van der Waals surface area contributed by atoms with E-state index in [-0.39, 0.29) is 28.4 Å². The maximum Gasteiger partial charge on any atom is 0.416 e. The smallest absolute Gasteiger partial charge is 0.344 e. The summed E-state index contributed by atoms with van der Waals surface area (Å²) in [5.74, 6) is -3.41. The maximum atomic E-state index is 13.1. The van der Waals surface area contributed by atoms with E-state index in [1.54, 1.807) is 12.1 Å². The number of nitrogens with zero attached hydrogens (tertiary/aromatic N) is 1. The molecule has 0 spiro atoms. The molecule has 10 heteroatoms. The number of nitrogens with one attached hydrogen (secondary N) is 1. The van der Waals surface area contributed by atoms with E-state index in [4.69, 9.17) is 0 Å². The molecule has 0 saturated carbocycles. The Bertz CT molecular complexity index is 1180. The summed E-state index contributed by atoms with van der Waals surface area (Å²) in [4.78, 5) is 27.1. The number of sulfone groups is 1. The number of amides is 2. The summed E-state index contributed by atoms with van der Waals surface area (Å²) >= 11 is 0. The van der Waals surface area contributed by atoms with E-state index < -0.39 is 45.2 Å². The van der Waals surface area contributed by atoms with Gasteiger partial charge in [-0.05, 0) is 29.7 Å². The molecular weight excluding hydrogens is 433 g/mol. The summed E-state index contributed by atoms with van der Waals surface area (Å²) in [6.07, 6.45) is -4.22. The number of halogens is 3. The second-order valence-corrected chi connectivity index (χ2v) is 9.82. The summed E-state index contributed by atoms with van der Waals surface area (Å²) in [7, 11) is -2.08. The van der Waals surface area contributed by atoms with E-state index in [2.05, 4.69) is 5.32 Å². The van der Waals surface area contributed by atoms with Crippen LogP contribution in [0.4, 0.5) is 18.9 Å². The Balaban J connectivity index is 1.68. The third kappa shape index (κ3) is 3.80. The molecule has 2 aliphatic rings. The lowest BCUT2D eigenvalue weighted by atomic mass is 9.87. The number of hydrogen-bond donors (Lipinski definition) is 1. The van der Waals surface area contributed by atoms with Gasteiger partial charge in [-0.3, -0.25) is 9.59 Å². The molecule has 2 aromatic carbocycles. The lowest BCUT2D eigenvalue weighted by Crippen LogP contribution is -2.33. The molecule has 2 aliphatic heterocycles. The standard InChI is InChI=1S/C21H19F3N2O4S/c1-26-11-15(13-5-2-6-14(10-13)21(22,23)24)17(20(26)28)19(27)25-16-7-3-4-12-8-9-31(29,30)18(12)16/h2-7,10,15,17H,8-9,11H2,1H3,(H,25,27)/t15-,17+/m1/s1. The van der Waals surface area contributed by atoms with Crippen molar-refractivity contribution in [1.82, 2.24) is 4.90 Å². The first-order valence-corrected chi connectivity index (χ1v) is 11.2. The van der Waals surface area contributed by atoms with Crippen molar-refractivity contribution in [3.05, 3.63) is 59.2 Å².